The number of rotatable bonds is 6. The van der Waals surface area contributed by atoms with Gasteiger partial charge >= 0.3 is 0 Å². The predicted molar refractivity (Wildman–Crippen MR) is 174 cm³/mol. The topological polar surface area (TPSA) is 210 Å². The van der Waals surface area contributed by atoms with Gasteiger partial charge in [-0.15, -0.1) is 0 Å². The summed E-state index contributed by atoms with van der Waals surface area (Å²) < 4.78 is 7.73. The van der Waals surface area contributed by atoms with E-state index in [0.717, 1.165) is 15.0 Å². The largest absolute Gasteiger partial charge is 0.508 e. The van der Waals surface area contributed by atoms with Gasteiger partial charge < -0.3 is 45.2 Å². The molecule has 0 radical (unpaired) electrons. The van der Waals surface area contributed by atoms with Gasteiger partial charge in [0.05, 0.1) is 34.3 Å². The third-order valence-corrected chi connectivity index (χ3v) is 9.45. The monoisotopic (exact) mass is 718 g/mol. The van der Waals surface area contributed by atoms with Crippen LogP contribution >= 0.6 is 15.9 Å². The normalized spacial score (nSPS) is 22.9. The second kappa shape index (κ2) is 11.2. The fourth-order valence-corrected chi connectivity index (χ4v) is 6.89. The lowest BCUT2D eigenvalue weighted by atomic mass is 9.96. The first-order chi connectivity index (χ1) is 23.1. The molecule has 2 aliphatic heterocycles. The Hall–Kier alpha value is -4.74. The van der Waals surface area contributed by atoms with Gasteiger partial charge in [-0.1, -0.05) is 28.1 Å². The molecule has 14 nitrogen and oxygen atoms in total. The Bertz CT molecular complexity index is 2300. The summed E-state index contributed by atoms with van der Waals surface area (Å²) >= 11 is 3.40. The van der Waals surface area contributed by atoms with Crippen LogP contribution in [0.3, 0.4) is 0 Å². The third-order valence-electron chi connectivity index (χ3n) is 8.92. The van der Waals surface area contributed by atoms with Crippen LogP contribution in [-0.4, -0.2) is 94.5 Å². The number of aromatic amines is 1. The molecule has 1 saturated heterocycles. The van der Waals surface area contributed by atoms with Crippen molar-refractivity contribution in [3.8, 4) is 11.5 Å². The summed E-state index contributed by atoms with van der Waals surface area (Å²) in [5, 5.41) is 64.8. The number of aromatic nitrogens is 2. The lowest BCUT2D eigenvalue weighted by Crippen LogP contribution is -2.61. The number of ether oxygens (including phenoxy) is 1. The fraction of sp³-hybridized carbons (Fsp3) is 0.212. The number of benzene rings is 4. The number of hydrogen-bond acceptors (Lipinski definition) is 11. The predicted octanol–water partition coefficient (Wildman–Crippen LogP) is 2.13. The number of carbonyl (C=O) groups is 2. The van der Waals surface area contributed by atoms with Gasteiger partial charge in [-0.05, 0) is 42.0 Å². The second-order valence-corrected chi connectivity index (χ2v) is 12.7. The maximum Gasteiger partial charge on any atom is 0.276 e. The van der Waals surface area contributed by atoms with E-state index in [4.69, 9.17) is 9.57 Å². The van der Waals surface area contributed by atoms with Crippen LogP contribution in [0.4, 0.5) is 0 Å². The van der Waals surface area contributed by atoms with E-state index in [1.807, 2.05) is 24.3 Å². The Kier molecular flexibility index (Phi) is 7.12. The van der Waals surface area contributed by atoms with Gasteiger partial charge in [-0.3, -0.25) is 9.59 Å². The van der Waals surface area contributed by atoms with Crippen LogP contribution in [0.5, 0.6) is 11.5 Å². The maximum absolute atomic E-state index is 14.3. The van der Waals surface area contributed by atoms with E-state index in [1.54, 1.807) is 12.1 Å². The number of nitrogens with zero attached hydrogens (tertiary/aromatic N) is 2. The Balaban J connectivity index is 1.39. The highest BCUT2D eigenvalue weighted by molar-refractivity contribution is 9.10. The molecule has 8 rings (SSSR count). The van der Waals surface area contributed by atoms with E-state index in [-0.39, 0.29) is 45.6 Å². The first kappa shape index (κ1) is 30.6. The smallest absolute Gasteiger partial charge is 0.276 e. The van der Waals surface area contributed by atoms with Crippen molar-refractivity contribution in [1.29, 1.82) is 0 Å². The maximum atomic E-state index is 14.3. The number of halogens is 1. The number of carbonyl (C=O) groups excluding carboxylic acids is 2. The molecule has 2 aliphatic rings. The summed E-state index contributed by atoms with van der Waals surface area (Å²) in [4.78, 5) is 37.9. The van der Waals surface area contributed by atoms with Crippen LogP contribution in [0.2, 0.25) is 0 Å². The molecular formula is C33H27BrN4O10. The molecule has 2 amide bonds. The third kappa shape index (κ3) is 4.47. The van der Waals surface area contributed by atoms with Crippen molar-refractivity contribution < 1.29 is 49.8 Å². The molecule has 0 saturated carbocycles. The van der Waals surface area contributed by atoms with E-state index >= 15 is 0 Å². The van der Waals surface area contributed by atoms with Crippen molar-refractivity contribution in [2.45, 2.75) is 37.3 Å². The van der Waals surface area contributed by atoms with Crippen LogP contribution in [0.25, 0.3) is 43.6 Å². The molecule has 246 valence electrons. The van der Waals surface area contributed by atoms with Crippen molar-refractivity contribution in [2.75, 3.05) is 6.61 Å². The molecular weight excluding hydrogens is 692 g/mol. The van der Waals surface area contributed by atoms with Crippen molar-refractivity contribution in [3.05, 3.63) is 81.8 Å². The number of aliphatic hydroxyl groups excluding tert-OH is 4. The second-order valence-electron chi connectivity index (χ2n) is 11.8. The van der Waals surface area contributed by atoms with E-state index < -0.39 is 49.1 Å². The molecule has 48 heavy (non-hydrogen) atoms. The number of fused-ring (bicyclic) bond motifs is 10. The van der Waals surface area contributed by atoms with Crippen LogP contribution in [0.15, 0.2) is 65.1 Å². The minimum atomic E-state index is -1.78. The molecule has 2 aromatic heterocycles. The van der Waals surface area contributed by atoms with Crippen molar-refractivity contribution in [1.82, 2.24) is 20.1 Å². The number of amides is 2. The molecule has 0 bridgehead atoms. The summed E-state index contributed by atoms with van der Waals surface area (Å²) in [5.74, 6) is -1.47. The van der Waals surface area contributed by atoms with Gasteiger partial charge in [0.1, 0.15) is 41.4 Å². The molecule has 4 heterocycles. The quantitative estimate of drug-likeness (QED) is 0.117. The van der Waals surface area contributed by atoms with Crippen molar-refractivity contribution in [3.63, 3.8) is 0 Å². The van der Waals surface area contributed by atoms with E-state index in [0.29, 0.717) is 27.2 Å². The summed E-state index contributed by atoms with van der Waals surface area (Å²) in [5.41, 5.74) is 5.10. The van der Waals surface area contributed by atoms with Crippen molar-refractivity contribution in [2.24, 2.45) is 0 Å². The zero-order valence-corrected chi connectivity index (χ0v) is 26.2. The Morgan fingerprint density at radius 2 is 1.52 bits per heavy atom. The number of imide groups is 1. The SMILES string of the molecule is O=C1c2c(c3c4ccc(O)cc4n(O[C@@H]4O[C@H](CO)[C@@H](O)[C@H](O)[C@H]4O)c3c3[nH]c4cc(O)ccc4c23)C(=O)N1NCc1ccc(Br)cc1. The minimum Gasteiger partial charge on any atom is -0.508 e. The number of aliphatic hydroxyl groups is 4. The highest BCUT2D eigenvalue weighted by Crippen LogP contribution is 2.45. The molecule has 0 spiro atoms. The van der Waals surface area contributed by atoms with Crippen LogP contribution in [0.1, 0.15) is 26.3 Å². The number of aromatic hydroxyl groups is 2. The summed E-state index contributed by atoms with van der Waals surface area (Å²) in [6.45, 7) is -0.537. The number of nitrogens with one attached hydrogen (secondary N) is 2. The van der Waals surface area contributed by atoms with Crippen LogP contribution in [0, 0.1) is 0 Å². The van der Waals surface area contributed by atoms with Gasteiger partial charge in [-0.2, -0.15) is 4.73 Å². The first-order valence-corrected chi connectivity index (χ1v) is 15.7. The van der Waals surface area contributed by atoms with Gasteiger partial charge in [-0.25, -0.2) is 10.4 Å². The molecule has 1 fully saturated rings. The van der Waals surface area contributed by atoms with Gasteiger partial charge in [0, 0.05) is 44.7 Å². The molecule has 15 heteroatoms. The average molecular weight is 720 g/mol. The Morgan fingerprint density at radius 1 is 0.854 bits per heavy atom. The number of phenols is 2. The summed E-state index contributed by atoms with van der Waals surface area (Å²) in [7, 11) is 0. The molecule has 4 aromatic carbocycles. The van der Waals surface area contributed by atoms with Gasteiger partial charge in [0.25, 0.3) is 18.1 Å². The molecule has 8 N–H and O–H groups in total. The number of phenolic OH excluding ortho intramolecular Hbond substituents is 2. The fourth-order valence-electron chi connectivity index (χ4n) is 6.63. The summed E-state index contributed by atoms with van der Waals surface area (Å²) in [6.07, 6.45) is -8.08. The molecule has 0 unspecified atom stereocenters. The Labute approximate surface area is 278 Å². The minimum absolute atomic E-state index is 0.0478. The first-order valence-electron chi connectivity index (χ1n) is 14.9. The van der Waals surface area contributed by atoms with Gasteiger partial charge in [0.2, 0.25) is 0 Å². The number of hydrazine groups is 1. The Morgan fingerprint density at radius 3 is 2.23 bits per heavy atom. The van der Waals surface area contributed by atoms with Gasteiger partial charge in [0.15, 0.2) is 0 Å². The molecule has 6 aromatic rings. The number of hydrogen-bond donors (Lipinski definition) is 8. The van der Waals surface area contributed by atoms with Crippen molar-refractivity contribution >= 4 is 71.4 Å². The summed E-state index contributed by atoms with van der Waals surface area (Å²) in [6, 6.07) is 16.2. The average Bonchev–Trinajstić information content (AvgIpc) is 3.67. The zero-order valence-electron chi connectivity index (χ0n) is 24.7. The van der Waals surface area contributed by atoms with Crippen LogP contribution < -0.4 is 10.3 Å². The van der Waals surface area contributed by atoms with E-state index in [1.165, 1.54) is 29.0 Å². The van der Waals surface area contributed by atoms with E-state index in [2.05, 4.69) is 26.3 Å². The zero-order chi connectivity index (χ0) is 33.6. The van der Waals surface area contributed by atoms with Crippen LogP contribution in [-0.2, 0) is 11.3 Å². The van der Waals surface area contributed by atoms with E-state index in [9.17, 15) is 40.2 Å². The lowest BCUT2D eigenvalue weighted by molar-refractivity contribution is -0.298. The highest BCUT2D eigenvalue weighted by Gasteiger charge is 2.46. The molecule has 5 atom stereocenters. The highest BCUT2D eigenvalue weighted by atomic mass is 79.9. The standard InChI is InChI=1S/C33H27BrN4O10/c34-14-3-1-13(2-4-14)11-35-37-31(45)24-22-17-7-5-15(40)9-19(17)36-26(22)27-23(25(24)32(37)46)18-8-6-16(41)10-20(18)38(27)48-33-30(44)29(43)28(42)21(12-39)47-33/h1-10,21,28-30,33,35-36,39-44H,11-12H2/t21-,28-,29+,30-,33+/m1/s1. The molecule has 0 aliphatic carbocycles. The number of H-pyrrole nitrogens is 1. The lowest BCUT2D eigenvalue weighted by Gasteiger charge is -2.39.